The Morgan fingerprint density at radius 2 is 2.33 bits per heavy atom. The lowest BCUT2D eigenvalue weighted by Crippen LogP contribution is -2.41. The number of thiophene rings is 1. The van der Waals surface area contributed by atoms with E-state index in [0.29, 0.717) is 0 Å². The number of piperidine rings is 1. The lowest BCUT2D eigenvalue weighted by molar-refractivity contribution is 0.159. The van der Waals surface area contributed by atoms with E-state index in [4.69, 9.17) is 0 Å². The van der Waals surface area contributed by atoms with E-state index in [1.54, 1.807) is 11.3 Å². The van der Waals surface area contributed by atoms with Gasteiger partial charge in [-0.15, -0.1) is 11.3 Å². The molecule has 2 N–H and O–H groups in total. The normalized spacial score (nSPS) is 20.5. The van der Waals surface area contributed by atoms with Crippen LogP contribution >= 0.6 is 11.3 Å². The van der Waals surface area contributed by atoms with Gasteiger partial charge >= 0.3 is 0 Å². The van der Waals surface area contributed by atoms with Gasteiger partial charge in [0.25, 0.3) is 0 Å². The van der Waals surface area contributed by atoms with Crippen LogP contribution in [-0.2, 0) is 6.54 Å². The molecular weight excluding hydrogens is 280 g/mol. The number of hydrogen-bond acceptors (Lipinski definition) is 3. The van der Waals surface area contributed by atoms with E-state index in [2.05, 4.69) is 45.0 Å². The van der Waals surface area contributed by atoms with Crippen LogP contribution in [0, 0.1) is 0 Å². The molecule has 0 radical (unpaired) electrons. The van der Waals surface area contributed by atoms with Gasteiger partial charge < -0.3 is 15.5 Å². The molecule has 2 rings (SSSR count). The first-order valence-electron chi connectivity index (χ1n) is 8.00. The van der Waals surface area contributed by atoms with Gasteiger partial charge in [0.05, 0.1) is 6.54 Å². The molecule has 0 aliphatic carbocycles. The molecule has 5 heteroatoms. The summed E-state index contributed by atoms with van der Waals surface area (Å²) in [4.78, 5) is 8.22. The first-order chi connectivity index (χ1) is 10.3. The number of nitrogens with one attached hydrogen (secondary N) is 2. The van der Waals surface area contributed by atoms with Crippen LogP contribution in [0.1, 0.15) is 37.5 Å². The van der Waals surface area contributed by atoms with Gasteiger partial charge in [0.15, 0.2) is 5.96 Å². The van der Waals surface area contributed by atoms with Crippen molar-refractivity contribution in [3.05, 3.63) is 22.4 Å². The lowest BCUT2D eigenvalue weighted by Gasteiger charge is -2.33. The Morgan fingerprint density at radius 3 is 3.05 bits per heavy atom. The second-order valence-electron chi connectivity index (χ2n) is 5.67. The van der Waals surface area contributed by atoms with Crippen molar-refractivity contribution in [2.24, 2.45) is 4.99 Å². The molecule has 0 saturated carbocycles. The lowest BCUT2D eigenvalue weighted by atomic mass is 10.0. The summed E-state index contributed by atoms with van der Waals surface area (Å²) in [5.41, 5.74) is 0. The van der Waals surface area contributed by atoms with E-state index in [1.165, 1.54) is 43.6 Å². The van der Waals surface area contributed by atoms with Gasteiger partial charge in [0, 0.05) is 31.1 Å². The summed E-state index contributed by atoms with van der Waals surface area (Å²) < 4.78 is 0. The highest BCUT2D eigenvalue weighted by Crippen LogP contribution is 2.16. The topological polar surface area (TPSA) is 39.7 Å². The third kappa shape index (κ3) is 5.67. The molecule has 1 fully saturated rings. The van der Waals surface area contributed by atoms with Crippen molar-refractivity contribution in [2.45, 2.75) is 45.2 Å². The summed E-state index contributed by atoms with van der Waals surface area (Å²) >= 11 is 1.77. The van der Waals surface area contributed by atoms with Crippen molar-refractivity contribution >= 4 is 17.3 Å². The van der Waals surface area contributed by atoms with E-state index >= 15 is 0 Å². The molecule has 1 aromatic heterocycles. The first-order valence-corrected chi connectivity index (χ1v) is 8.88. The summed E-state index contributed by atoms with van der Waals surface area (Å²) in [6.45, 7) is 6.64. The van der Waals surface area contributed by atoms with Gasteiger partial charge in [-0.25, -0.2) is 0 Å². The molecule has 1 aliphatic heterocycles. The van der Waals surface area contributed by atoms with Crippen LogP contribution in [0.3, 0.4) is 0 Å². The van der Waals surface area contributed by atoms with Crippen LogP contribution in [0.2, 0.25) is 0 Å². The van der Waals surface area contributed by atoms with Gasteiger partial charge in [-0.2, -0.15) is 0 Å². The summed E-state index contributed by atoms with van der Waals surface area (Å²) in [5, 5.41) is 8.86. The van der Waals surface area contributed by atoms with Gasteiger partial charge in [-0.1, -0.05) is 12.5 Å². The molecule has 0 bridgehead atoms. The second kappa shape index (κ2) is 9.05. The Kier molecular flexibility index (Phi) is 7.03. The van der Waals surface area contributed by atoms with Crippen LogP contribution in [0.15, 0.2) is 22.5 Å². The SMILES string of the molecule is CN=C(NCCCN1CCCCC1C)NCc1cccs1. The van der Waals surface area contributed by atoms with Gasteiger partial charge in [0.2, 0.25) is 0 Å². The van der Waals surface area contributed by atoms with Crippen LogP contribution in [0.25, 0.3) is 0 Å². The molecule has 0 spiro atoms. The van der Waals surface area contributed by atoms with E-state index in [0.717, 1.165) is 25.1 Å². The Balaban J connectivity index is 1.60. The van der Waals surface area contributed by atoms with E-state index in [9.17, 15) is 0 Å². The molecule has 0 aromatic carbocycles. The average molecular weight is 308 g/mol. The Morgan fingerprint density at radius 1 is 1.43 bits per heavy atom. The zero-order valence-corrected chi connectivity index (χ0v) is 14.1. The Labute approximate surface area is 132 Å². The van der Waals surface area contributed by atoms with Crippen molar-refractivity contribution in [1.29, 1.82) is 0 Å². The molecular formula is C16H28N4S. The maximum absolute atomic E-state index is 4.27. The minimum Gasteiger partial charge on any atom is -0.356 e. The fraction of sp³-hybridized carbons (Fsp3) is 0.688. The fourth-order valence-electron chi connectivity index (χ4n) is 2.78. The van der Waals surface area contributed by atoms with Crippen LogP contribution < -0.4 is 10.6 Å². The highest BCUT2D eigenvalue weighted by atomic mass is 32.1. The Bertz CT molecular complexity index is 416. The highest BCUT2D eigenvalue weighted by Gasteiger charge is 2.16. The maximum atomic E-state index is 4.27. The number of guanidine groups is 1. The van der Waals surface area contributed by atoms with E-state index in [-0.39, 0.29) is 0 Å². The highest BCUT2D eigenvalue weighted by molar-refractivity contribution is 7.09. The minimum absolute atomic E-state index is 0.759. The molecule has 1 atom stereocenters. The number of nitrogens with zero attached hydrogens (tertiary/aromatic N) is 2. The molecule has 0 amide bonds. The quantitative estimate of drug-likeness (QED) is 0.482. The first kappa shape index (κ1) is 16.3. The number of likely N-dealkylation sites (tertiary alicyclic amines) is 1. The molecule has 1 saturated heterocycles. The standard InChI is InChI=1S/C16H28N4S/c1-14-7-3-4-10-20(14)11-6-9-18-16(17-2)19-13-15-8-5-12-21-15/h5,8,12,14H,3-4,6-7,9-11,13H2,1-2H3,(H2,17,18,19). The van der Waals surface area contributed by atoms with Crippen molar-refractivity contribution in [2.75, 3.05) is 26.7 Å². The number of rotatable bonds is 6. The largest absolute Gasteiger partial charge is 0.356 e. The third-order valence-electron chi connectivity index (χ3n) is 4.09. The summed E-state index contributed by atoms with van der Waals surface area (Å²) in [6, 6.07) is 4.98. The van der Waals surface area contributed by atoms with Crippen molar-refractivity contribution in [1.82, 2.24) is 15.5 Å². The Hall–Kier alpha value is -1.07. The van der Waals surface area contributed by atoms with Crippen molar-refractivity contribution in [3.63, 3.8) is 0 Å². The second-order valence-corrected chi connectivity index (χ2v) is 6.70. The zero-order chi connectivity index (χ0) is 14.9. The molecule has 1 unspecified atom stereocenters. The monoisotopic (exact) mass is 308 g/mol. The minimum atomic E-state index is 0.759. The van der Waals surface area contributed by atoms with Crippen LogP contribution in [0.4, 0.5) is 0 Å². The van der Waals surface area contributed by atoms with Crippen molar-refractivity contribution < 1.29 is 0 Å². The zero-order valence-electron chi connectivity index (χ0n) is 13.3. The number of hydrogen-bond donors (Lipinski definition) is 2. The predicted octanol–water partition coefficient (Wildman–Crippen LogP) is 2.68. The van der Waals surface area contributed by atoms with Crippen LogP contribution in [0.5, 0.6) is 0 Å². The van der Waals surface area contributed by atoms with Crippen LogP contribution in [-0.4, -0.2) is 43.6 Å². The molecule has 118 valence electrons. The van der Waals surface area contributed by atoms with Gasteiger partial charge in [-0.05, 0) is 44.2 Å². The van der Waals surface area contributed by atoms with E-state index < -0.39 is 0 Å². The van der Waals surface area contributed by atoms with Gasteiger partial charge in [0.1, 0.15) is 0 Å². The third-order valence-corrected chi connectivity index (χ3v) is 4.97. The van der Waals surface area contributed by atoms with Gasteiger partial charge in [-0.3, -0.25) is 4.99 Å². The smallest absolute Gasteiger partial charge is 0.191 e. The molecule has 21 heavy (non-hydrogen) atoms. The maximum Gasteiger partial charge on any atom is 0.191 e. The molecule has 1 aliphatic rings. The summed E-state index contributed by atoms with van der Waals surface area (Å²) in [7, 11) is 1.83. The molecule has 2 heterocycles. The van der Waals surface area contributed by atoms with Crippen molar-refractivity contribution in [3.8, 4) is 0 Å². The van der Waals surface area contributed by atoms with E-state index in [1.807, 2.05) is 7.05 Å². The fourth-order valence-corrected chi connectivity index (χ4v) is 3.43. The number of aliphatic imine (C=N–C) groups is 1. The predicted molar refractivity (Wildman–Crippen MR) is 92.0 cm³/mol. The summed E-state index contributed by atoms with van der Waals surface area (Å²) in [5.74, 6) is 0.898. The molecule has 4 nitrogen and oxygen atoms in total. The average Bonchev–Trinajstić information content (AvgIpc) is 3.01. The summed E-state index contributed by atoms with van der Waals surface area (Å²) in [6.07, 6.45) is 5.29. The molecule has 1 aromatic rings.